The first kappa shape index (κ1) is 13.9. The molecule has 0 radical (unpaired) electrons. The topological polar surface area (TPSA) is 34.0 Å². The summed E-state index contributed by atoms with van der Waals surface area (Å²) in [7, 11) is 3.96. The average molecular weight is 301 g/mol. The highest BCUT2D eigenvalue weighted by molar-refractivity contribution is 6.17. The van der Waals surface area contributed by atoms with Crippen LogP contribution < -0.4 is 4.90 Å². The number of halogens is 1. The van der Waals surface area contributed by atoms with E-state index in [1.165, 1.54) is 0 Å². The lowest BCUT2D eigenvalue weighted by atomic mass is 10.1. The predicted molar refractivity (Wildman–Crippen MR) is 86.6 cm³/mol. The zero-order chi connectivity index (χ0) is 14.8. The van der Waals surface area contributed by atoms with E-state index in [4.69, 9.17) is 11.6 Å². The van der Waals surface area contributed by atoms with Crippen molar-refractivity contribution in [2.45, 2.75) is 12.4 Å². The number of anilines is 1. The summed E-state index contributed by atoms with van der Waals surface area (Å²) in [6.07, 6.45) is 3.90. The fraction of sp³-hybridized carbons (Fsp3) is 0.250. The van der Waals surface area contributed by atoms with E-state index in [9.17, 15) is 0 Å². The van der Waals surface area contributed by atoms with Gasteiger partial charge in [0.05, 0.1) is 17.8 Å². The summed E-state index contributed by atoms with van der Waals surface area (Å²) < 4.78 is 1.81. The van der Waals surface area contributed by atoms with Gasteiger partial charge in [-0.25, -0.2) is 4.98 Å². The number of hydrogen-bond acceptors (Lipinski definition) is 3. The normalized spacial score (nSPS) is 11.0. The van der Waals surface area contributed by atoms with Crippen LogP contribution in [0.5, 0.6) is 0 Å². The van der Waals surface area contributed by atoms with Gasteiger partial charge in [0.2, 0.25) is 0 Å². The van der Waals surface area contributed by atoms with Crippen molar-refractivity contribution >= 4 is 28.2 Å². The van der Waals surface area contributed by atoms with Crippen LogP contribution in [0.4, 0.5) is 5.82 Å². The molecular weight excluding hydrogens is 284 g/mol. The number of alkyl halides is 1. The molecule has 21 heavy (non-hydrogen) atoms. The SMILES string of the molecule is CN(Cc1cnn(C)c1)c1nc(CCl)cc2ccccc12. The van der Waals surface area contributed by atoms with Crippen molar-refractivity contribution in [1.29, 1.82) is 0 Å². The molecule has 0 aliphatic heterocycles. The van der Waals surface area contributed by atoms with Crippen molar-refractivity contribution in [1.82, 2.24) is 14.8 Å². The molecule has 3 rings (SSSR count). The van der Waals surface area contributed by atoms with Crippen LogP contribution in [0, 0.1) is 0 Å². The van der Waals surface area contributed by atoms with Gasteiger partial charge in [-0.2, -0.15) is 5.10 Å². The van der Waals surface area contributed by atoms with Gasteiger partial charge in [0.1, 0.15) is 5.82 Å². The minimum atomic E-state index is 0.415. The smallest absolute Gasteiger partial charge is 0.136 e. The van der Waals surface area contributed by atoms with Gasteiger partial charge in [-0.3, -0.25) is 4.68 Å². The molecule has 0 aliphatic rings. The first-order chi connectivity index (χ1) is 10.2. The molecular formula is C16H17ClN4. The molecule has 4 nitrogen and oxygen atoms in total. The molecule has 0 spiro atoms. The van der Waals surface area contributed by atoms with Crippen LogP contribution in [0.2, 0.25) is 0 Å². The summed E-state index contributed by atoms with van der Waals surface area (Å²) in [5.41, 5.74) is 2.05. The summed E-state index contributed by atoms with van der Waals surface area (Å²) in [5.74, 6) is 1.37. The molecule has 0 atom stereocenters. The van der Waals surface area contributed by atoms with Gasteiger partial charge in [-0.05, 0) is 11.5 Å². The lowest BCUT2D eigenvalue weighted by Gasteiger charge is -2.20. The number of fused-ring (bicyclic) bond motifs is 1. The van der Waals surface area contributed by atoms with E-state index >= 15 is 0 Å². The Labute approximate surface area is 129 Å². The van der Waals surface area contributed by atoms with Gasteiger partial charge in [-0.15, -0.1) is 11.6 Å². The summed E-state index contributed by atoms with van der Waals surface area (Å²) >= 11 is 5.97. The van der Waals surface area contributed by atoms with Crippen LogP contribution in [0.15, 0.2) is 42.7 Å². The standard InChI is InChI=1S/C16H17ClN4/c1-20(10-12-9-18-21(2)11-12)16-15-6-4-3-5-13(15)7-14(8-17)19-16/h3-7,9,11H,8,10H2,1-2H3. The maximum Gasteiger partial charge on any atom is 0.136 e. The van der Waals surface area contributed by atoms with Crippen LogP contribution in [0.1, 0.15) is 11.3 Å². The van der Waals surface area contributed by atoms with Crippen LogP contribution >= 0.6 is 11.6 Å². The molecule has 1 aromatic carbocycles. The van der Waals surface area contributed by atoms with E-state index in [-0.39, 0.29) is 0 Å². The largest absolute Gasteiger partial charge is 0.355 e. The Bertz CT molecular complexity index is 766. The van der Waals surface area contributed by atoms with Crippen molar-refractivity contribution in [3.8, 4) is 0 Å². The molecule has 0 bridgehead atoms. The maximum absolute atomic E-state index is 5.97. The van der Waals surface area contributed by atoms with E-state index < -0.39 is 0 Å². The second-order valence-corrected chi connectivity index (χ2v) is 5.44. The summed E-state index contributed by atoms with van der Waals surface area (Å²) in [4.78, 5) is 6.82. The minimum Gasteiger partial charge on any atom is -0.355 e. The van der Waals surface area contributed by atoms with Crippen molar-refractivity contribution in [2.75, 3.05) is 11.9 Å². The first-order valence-electron chi connectivity index (χ1n) is 6.80. The molecule has 0 aliphatic carbocycles. The van der Waals surface area contributed by atoms with E-state index in [1.807, 2.05) is 49.4 Å². The van der Waals surface area contributed by atoms with E-state index in [1.54, 1.807) is 0 Å². The van der Waals surface area contributed by atoms with Crippen LogP contribution in [0.25, 0.3) is 10.8 Å². The van der Waals surface area contributed by atoms with E-state index in [0.29, 0.717) is 5.88 Å². The molecule has 0 amide bonds. The molecule has 2 heterocycles. The maximum atomic E-state index is 5.97. The molecule has 108 valence electrons. The van der Waals surface area contributed by atoms with Gasteiger partial charge in [0.25, 0.3) is 0 Å². The predicted octanol–water partition coefficient (Wildman–Crippen LogP) is 3.34. The third-order valence-corrected chi connectivity index (χ3v) is 3.72. The second kappa shape index (κ2) is 5.74. The van der Waals surface area contributed by atoms with Crippen molar-refractivity contribution in [3.63, 3.8) is 0 Å². The van der Waals surface area contributed by atoms with Crippen molar-refractivity contribution in [2.24, 2.45) is 7.05 Å². The lowest BCUT2D eigenvalue weighted by Crippen LogP contribution is -2.18. The van der Waals surface area contributed by atoms with Gasteiger partial charge in [0, 0.05) is 37.8 Å². The van der Waals surface area contributed by atoms with Gasteiger partial charge in [0.15, 0.2) is 0 Å². The molecule has 0 saturated carbocycles. The molecule has 0 N–H and O–H groups in total. The second-order valence-electron chi connectivity index (χ2n) is 5.17. The summed E-state index contributed by atoms with van der Waals surface area (Å²) in [6, 6.07) is 10.3. The monoisotopic (exact) mass is 300 g/mol. The van der Waals surface area contributed by atoms with Crippen LogP contribution in [-0.4, -0.2) is 21.8 Å². The summed E-state index contributed by atoms with van der Waals surface area (Å²) in [5, 5.41) is 6.51. The highest BCUT2D eigenvalue weighted by Gasteiger charge is 2.11. The van der Waals surface area contributed by atoms with E-state index in [2.05, 4.69) is 27.1 Å². The fourth-order valence-electron chi connectivity index (χ4n) is 2.50. The first-order valence-corrected chi connectivity index (χ1v) is 7.34. The van der Waals surface area contributed by atoms with Gasteiger partial charge in [-0.1, -0.05) is 24.3 Å². The Kier molecular flexibility index (Phi) is 3.80. The van der Waals surface area contributed by atoms with Crippen LogP contribution in [-0.2, 0) is 19.5 Å². The Hall–Kier alpha value is -2.07. The number of rotatable bonds is 4. The number of aromatic nitrogens is 3. The van der Waals surface area contributed by atoms with Gasteiger partial charge < -0.3 is 4.90 Å². The lowest BCUT2D eigenvalue weighted by molar-refractivity contribution is 0.766. The summed E-state index contributed by atoms with van der Waals surface area (Å²) in [6.45, 7) is 0.760. The Morgan fingerprint density at radius 2 is 2.10 bits per heavy atom. The molecule has 0 unspecified atom stereocenters. The Morgan fingerprint density at radius 1 is 1.29 bits per heavy atom. The quantitative estimate of drug-likeness (QED) is 0.693. The highest BCUT2D eigenvalue weighted by Crippen LogP contribution is 2.26. The zero-order valence-corrected chi connectivity index (χ0v) is 12.9. The molecule has 3 aromatic rings. The molecule has 2 aromatic heterocycles. The number of aryl methyl sites for hydroxylation is 1. The molecule has 0 saturated heterocycles. The van der Waals surface area contributed by atoms with Crippen molar-refractivity contribution < 1.29 is 0 Å². The van der Waals surface area contributed by atoms with Crippen molar-refractivity contribution in [3.05, 3.63) is 54.0 Å². The Balaban J connectivity index is 2.01. The number of nitrogens with zero attached hydrogens (tertiary/aromatic N) is 4. The number of pyridine rings is 1. The average Bonchev–Trinajstić information content (AvgIpc) is 2.91. The van der Waals surface area contributed by atoms with Crippen LogP contribution in [0.3, 0.4) is 0 Å². The Morgan fingerprint density at radius 3 is 2.81 bits per heavy atom. The zero-order valence-electron chi connectivity index (χ0n) is 12.1. The molecule has 5 heteroatoms. The third-order valence-electron chi connectivity index (χ3n) is 3.45. The van der Waals surface area contributed by atoms with E-state index in [0.717, 1.165) is 34.4 Å². The number of benzene rings is 1. The number of hydrogen-bond donors (Lipinski definition) is 0. The highest BCUT2D eigenvalue weighted by atomic mass is 35.5. The minimum absolute atomic E-state index is 0.415. The fourth-order valence-corrected chi connectivity index (χ4v) is 2.63. The van der Waals surface area contributed by atoms with Gasteiger partial charge >= 0.3 is 0 Å². The third kappa shape index (κ3) is 2.85. The molecule has 0 fully saturated rings.